The van der Waals surface area contributed by atoms with E-state index in [1.165, 1.54) is 37.4 Å². The molecule has 1 aromatic heterocycles. The van der Waals surface area contributed by atoms with Gasteiger partial charge in [-0.3, -0.25) is 4.79 Å². The lowest BCUT2D eigenvalue weighted by Crippen LogP contribution is -2.62. The molecule has 0 saturated carbocycles. The van der Waals surface area contributed by atoms with Crippen LogP contribution in [0.1, 0.15) is 11.7 Å². The van der Waals surface area contributed by atoms with Gasteiger partial charge in [-0.2, -0.15) is 0 Å². The molecule has 234 valence electrons. The maximum absolute atomic E-state index is 13.3. The van der Waals surface area contributed by atoms with E-state index < -0.39 is 85.6 Å². The van der Waals surface area contributed by atoms with Crippen LogP contribution in [0.5, 0.6) is 17.2 Å². The van der Waals surface area contributed by atoms with Crippen LogP contribution in [0.15, 0.2) is 45.6 Å². The second kappa shape index (κ2) is 12.3. The van der Waals surface area contributed by atoms with Crippen molar-refractivity contribution in [2.45, 2.75) is 61.2 Å². The highest BCUT2D eigenvalue weighted by molar-refractivity contribution is 5.88. The number of phenols is 2. The van der Waals surface area contributed by atoms with E-state index in [1.807, 2.05) is 0 Å². The van der Waals surface area contributed by atoms with E-state index in [2.05, 4.69) is 0 Å². The van der Waals surface area contributed by atoms with Gasteiger partial charge in [0.05, 0.1) is 25.9 Å². The molecule has 0 spiro atoms. The van der Waals surface area contributed by atoms with Gasteiger partial charge in [-0.15, -0.1) is 0 Å². The van der Waals surface area contributed by atoms with Gasteiger partial charge in [-0.05, 0) is 24.3 Å². The molecule has 2 aliphatic heterocycles. The fourth-order valence-electron chi connectivity index (χ4n) is 5.32. The summed E-state index contributed by atoms with van der Waals surface area (Å²) in [6.07, 6.45) is -16.9. The Bertz CT molecular complexity index is 1490. The maximum atomic E-state index is 13.3. The zero-order valence-electron chi connectivity index (χ0n) is 22.6. The van der Waals surface area contributed by atoms with Crippen LogP contribution in [0.4, 0.5) is 0 Å². The number of fused-ring (bicyclic) bond motifs is 1. The standard InChI is InChI=1S/C28H32O15/c1-39-14-7-15-18(12(32)6-13(40-15)10-2-4-11(31)5-3-10)22(35)19(14)26-27(24(37)21(34)16(8-29)41-26)43-28-25(38)23(36)20(33)17(9-30)42-28/h2-7,16-17,20-21,23-31,33-38H,8-9H2,1H3/t16-,17-,20-,21-,23+,24+,25-,26+,27-,28+/m0/s1. The Hall–Kier alpha value is -3.35. The molecule has 43 heavy (non-hydrogen) atoms. The summed E-state index contributed by atoms with van der Waals surface area (Å²) in [7, 11) is 1.23. The smallest absolute Gasteiger partial charge is 0.197 e. The highest BCUT2D eigenvalue weighted by Gasteiger charge is 2.52. The minimum Gasteiger partial charge on any atom is -0.508 e. The van der Waals surface area contributed by atoms with Crippen molar-refractivity contribution in [3.63, 3.8) is 0 Å². The van der Waals surface area contributed by atoms with E-state index in [9.17, 15) is 50.8 Å². The van der Waals surface area contributed by atoms with Crippen molar-refractivity contribution >= 4 is 11.0 Å². The number of hydrogen-bond acceptors (Lipinski definition) is 15. The van der Waals surface area contributed by atoms with Gasteiger partial charge in [0.25, 0.3) is 0 Å². The van der Waals surface area contributed by atoms with Gasteiger partial charge in [0.15, 0.2) is 11.7 Å². The second-order valence-corrected chi connectivity index (χ2v) is 10.3. The summed E-state index contributed by atoms with van der Waals surface area (Å²) in [5, 5.41) is 92.6. The number of benzene rings is 2. The lowest BCUT2D eigenvalue weighted by atomic mass is 9.89. The predicted molar refractivity (Wildman–Crippen MR) is 143 cm³/mol. The van der Waals surface area contributed by atoms with Crippen molar-refractivity contribution in [3.8, 4) is 28.6 Å². The van der Waals surface area contributed by atoms with Crippen molar-refractivity contribution in [2.75, 3.05) is 20.3 Å². The Morgan fingerprint density at radius 2 is 1.44 bits per heavy atom. The van der Waals surface area contributed by atoms with E-state index in [4.69, 9.17) is 23.4 Å². The molecule has 0 radical (unpaired) electrons. The summed E-state index contributed by atoms with van der Waals surface area (Å²) in [6, 6.07) is 8.22. The first-order valence-corrected chi connectivity index (χ1v) is 13.3. The summed E-state index contributed by atoms with van der Waals surface area (Å²) < 4.78 is 28.3. The lowest BCUT2D eigenvalue weighted by molar-refractivity contribution is -0.342. The average molecular weight is 609 g/mol. The van der Waals surface area contributed by atoms with E-state index >= 15 is 0 Å². The van der Waals surface area contributed by atoms with Crippen LogP contribution in [0.2, 0.25) is 0 Å². The third kappa shape index (κ3) is 5.56. The largest absolute Gasteiger partial charge is 0.508 e. The van der Waals surface area contributed by atoms with Gasteiger partial charge in [0, 0.05) is 17.7 Å². The molecule has 3 heterocycles. The number of aliphatic hydroxyl groups is 7. The van der Waals surface area contributed by atoms with Crippen LogP contribution in [0, 0.1) is 0 Å². The summed E-state index contributed by atoms with van der Waals surface area (Å²) in [4.78, 5) is 13.3. The Kier molecular flexibility index (Phi) is 8.92. The molecule has 2 saturated heterocycles. The zero-order valence-corrected chi connectivity index (χ0v) is 22.6. The number of ether oxygens (including phenoxy) is 4. The van der Waals surface area contributed by atoms with Gasteiger partial charge >= 0.3 is 0 Å². The number of rotatable bonds is 7. The molecule has 9 N–H and O–H groups in total. The van der Waals surface area contributed by atoms with Gasteiger partial charge in [-0.25, -0.2) is 0 Å². The molecule has 2 aromatic carbocycles. The Morgan fingerprint density at radius 1 is 0.814 bits per heavy atom. The molecule has 5 rings (SSSR count). The Balaban J connectivity index is 1.61. The first-order chi connectivity index (χ1) is 20.5. The van der Waals surface area contributed by atoms with E-state index in [-0.39, 0.29) is 33.8 Å². The Morgan fingerprint density at radius 3 is 2.07 bits per heavy atom. The molecule has 15 nitrogen and oxygen atoms in total. The third-order valence-corrected chi connectivity index (χ3v) is 7.66. The number of hydrogen-bond donors (Lipinski definition) is 9. The molecule has 0 bridgehead atoms. The number of phenolic OH excluding ortho intramolecular Hbond substituents is 2. The topological polar surface area (TPSA) is 249 Å². The maximum Gasteiger partial charge on any atom is 0.197 e. The lowest BCUT2D eigenvalue weighted by Gasteiger charge is -2.46. The van der Waals surface area contributed by atoms with E-state index in [1.54, 1.807) is 0 Å². The molecule has 0 aliphatic carbocycles. The third-order valence-electron chi connectivity index (χ3n) is 7.66. The summed E-state index contributed by atoms with van der Waals surface area (Å²) in [5.41, 5.74) is -0.591. The highest BCUT2D eigenvalue weighted by atomic mass is 16.7. The molecular weight excluding hydrogens is 576 g/mol. The molecule has 10 atom stereocenters. The minimum absolute atomic E-state index is 0.00250. The average Bonchev–Trinajstić information content (AvgIpc) is 2.99. The quantitative estimate of drug-likeness (QED) is 0.144. The molecular formula is C28H32O15. The molecule has 0 unspecified atom stereocenters. The molecule has 2 aliphatic rings. The first kappa shape index (κ1) is 31.1. The number of aromatic hydroxyl groups is 2. The first-order valence-electron chi connectivity index (χ1n) is 13.3. The summed E-state index contributed by atoms with van der Waals surface area (Å²) >= 11 is 0. The van der Waals surface area contributed by atoms with Gasteiger partial charge < -0.3 is 69.3 Å². The molecule has 3 aromatic rings. The van der Waals surface area contributed by atoms with Crippen LogP contribution in [0.3, 0.4) is 0 Å². The van der Waals surface area contributed by atoms with E-state index in [0.29, 0.717) is 5.56 Å². The van der Waals surface area contributed by atoms with Crippen molar-refractivity contribution in [1.82, 2.24) is 0 Å². The predicted octanol–water partition coefficient (Wildman–Crippen LogP) is -1.78. The van der Waals surface area contributed by atoms with E-state index in [0.717, 1.165) is 6.07 Å². The fourth-order valence-corrected chi connectivity index (χ4v) is 5.32. The minimum atomic E-state index is -1.89. The zero-order chi connectivity index (χ0) is 31.2. The second-order valence-electron chi connectivity index (χ2n) is 10.3. The SMILES string of the molecule is COc1cc2oc(-c3ccc(O)cc3)cc(=O)c2c(O)c1[C@H]1O[C@@H](CO)[C@H](O)[C@@H](O)[C@@H]1O[C@H]1O[C@@H](CO)[C@H](O)[C@@H](O)[C@@H]1O. The van der Waals surface area contributed by atoms with Crippen LogP contribution in [0.25, 0.3) is 22.3 Å². The fraction of sp³-hybridized carbons (Fsp3) is 0.464. The van der Waals surface area contributed by atoms with Crippen molar-refractivity contribution < 1.29 is 69.3 Å². The van der Waals surface area contributed by atoms with Crippen LogP contribution < -0.4 is 10.2 Å². The van der Waals surface area contributed by atoms with Crippen LogP contribution in [-0.4, -0.2) is 121 Å². The number of aliphatic hydroxyl groups excluding tert-OH is 7. The van der Waals surface area contributed by atoms with Crippen molar-refractivity contribution in [3.05, 3.63) is 52.2 Å². The van der Waals surface area contributed by atoms with Gasteiger partial charge in [0.1, 0.15) is 88.9 Å². The van der Waals surface area contributed by atoms with Crippen molar-refractivity contribution in [2.24, 2.45) is 0 Å². The summed E-state index contributed by atoms with van der Waals surface area (Å²) in [6.45, 7) is -1.55. The van der Waals surface area contributed by atoms with Gasteiger partial charge in [-0.1, -0.05) is 0 Å². The molecule has 2 fully saturated rings. The summed E-state index contributed by atoms with van der Waals surface area (Å²) in [5.74, 6) is -0.711. The molecule has 15 heteroatoms. The highest BCUT2D eigenvalue weighted by Crippen LogP contribution is 2.46. The number of methoxy groups -OCH3 is 1. The van der Waals surface area contributed by atoms with Crippen LogP contribution in [-0.2, 0) is 14.2 Å². The van der Waals surface area contributed by atoms with Gasteiger partial charge in [0.2, 0.25) is 0 Å². The molecule has 0 amide bonds. The normalized spacial score (nSPS) is 33.0. The Labute approximate surface area is 242 Å². The van der Waals surface area contributed by atoms with Crippen molar-refractivity contribution in [1.29, 1.82) is 0 Å². The van der Waals surface area contributed by atoms with Crippen LogP contribution >= 0.6 is 0 Å². The monoisotopic (exact) mass is 608 g/mol.